The van der Waals surface area contributed by atoms with Crippen molar-refractivity contribution in [3.8, 4) is 11.5 Å². The molecular weight excluding hydrogens is 464 g/mol. The van der Waals surface area contributed by atoms with E-state index in [0.29, 0.717) is 28.4 Å². The van der Waals surface area contributed by atoms with Gasteiger partial charge in [0.25, 0.3) is 0 Å². The SMILES string of the molecule is COc1ccc(N(Cc2c(F)cccc2F)c2cccc(C(=O)OC(C)(C)C)c2)cc1OC1CCC1. The Morgan fingerprint density at radius 1 is 0.944 bits per heavy atom. The van der Waals surface area contributed by atoms with Crippen LogP contribution in [0.2, 0.25) is 0 Å². The van der Waals surface area contributed by atoms with Crippen molar-refractivity contribution in [2.24, 2.45) is 0 Å². The van der Waals surface area contributed by atoms with Gasteiger partial charge >= 0.3 is 5.97 Å². The minimum atomic E-state index is -0.660. The minimum Gasteiger partial charge on any atom is -0.493 e. The van der Waals surface area contributed by atoms with Crippen LogP contribution in [-0.4, -0.2) is 24.8 Å². The van der Waals surface area contributed by atoms with Crippen LogP contribution in [0.5, 0.6) is 11.5 Å². The second-order valence-corrected chi connectivity index (χ2v) is 9.84. The van der Waals surface area contributed by atoms with Gasteiger partial charge in [-0.15, -0.1) is 0 Å². The van der Waals surface area contributed by atoms with E-state index in [1.165, 1.54) is 18.2 Å². The lowest BCUT2D eigenvalue weighted by Crippen LogP contribution is -2.25. The van der Waals surface area contributed by atoms with E-state index >= 15 is 0 Å². The number of nitrogens with zero attached hydrogens (tertiary/aromatic N) is 1. The maximum absolute atomic E-state index is 14.7. The van der Waals surface area contributed by atoms with Gasteiger partial charge in [0.2, 0.25) is 0 Å². The normalized spacial score (nSPS) is 13.6. The van der Waals surface area contributed by atoms with Crippen LogP contribution in [0.15, 0.2) is 60.7 Å². The highest BCUT2D eigenvalue weighted by Crippen LogP contribution is 2.38. The molecule has 1 fully saturated rings. The number of benzene rings is 3. The Kier molecular flexibility index (Phi) is 7.48. The van der Waals surface area contributed by atoms with E-state index in [4.69, 9.17) is 14.2 Å². The zero-order valence-corrected chi connectivity index (χ0v) is 21.0. The maximum Gasteiger partial charge on any atom is 0.338 e. The molecule has 0 amide bonds. The molecule has 3 aromatic carbocycles. The monoisotopic (exact) mass is 495 g/mol. The summed E-state index contributed by atoms with van der Waals surface area (Å²) in [6, 6.07) is 16.0. The summed E-state index contributed by atoms with van der Waals surface area (Å²) in [6.45, 7) is 5.28. The minimum absolute atomic E-state index is 0.0857. The van der Waals surface area contributed by atoms with E-state index in [2.05, 4.69) is 0 Å². The van der Waals surface area contributed by atoms with Crippen LogP contribution in [0.4, 0.5) is 20.2 Å². The lowest BCUT2D eigenvalue weighted by atomic mass is 9.96. The number of hydrogen-bond donors (Lipinski definition) is 0. The van der Waals surface area contributed by atoms with Crippen molar-refractivity contribution >= 4 is 17.3 Å². The van der Waals surface area contributed by atoms with Crippen LogP contribution in [0, 0.1) is 11.6 Å². The summed E-state index contributed by atoms with van der Waals surface area (Å²) >= 11 is 0. The van der Waals surface area contributed by atoms with Gasteiger partial charge < -0.3 is 19.1 Å². The van der Waals surface area contributed by atoms with Crippen LogP contribution >= 0.6 is 0 Å². The summed E-state index contributed by atoms with van der Waals surface area (Å²) in [6.07, 6.45) is 3.16. The predicted octanol–water partition coefficient (Wildman–Crippen LogP) is 7.20. The van der Waals surface area contributed by atoms with Crippen LogP contribution in [0.25, 0.3) is 0 Å². The van der Waals surface area contributed by atoms with Gasteiger partial charge in [-0.2, -0.15) is 0 Å². The largest absolute Gasteiger partial charge is 0.493 e. The van der Waals surface area contributed by atoms with E-state index in [0.717, 1.165) is 19.3 Å². The second kappa shape index (κ2) is 10.6. The molecule has 0 N–H and O–H groups in total. The average Bonchev–Trinajstić information content (AvgIpc) is 2.80. The van der Waals surface area contributed by atoms with Crippen LogP contribution in [0.3, 0.4) is 0 Å². The van der Waals surface area contributed by atoms with Gasteiger partial charge in [0.1, 0.15) is 17.2 Å². The fourth-order valence-corrected chi connectivity index (χ4v) is 3.90. The van der Waals surface area contributed by atoms with Gasteiger partial charge in [-0.05, 0) is 82.5 Å². The summed E-state index contributed by atoms with van der Waals surface area (Å²) in [5.41, 5.74) is 0.792. The standard InChI is InChI=1S/C29H31F2NO4/c1-29(2,3)36-28(33)19-8-5-9-20(16-19)32(18-23-24(30)12-7-13-25(23)31)21-14-15-26(34-4)27(17-21)35-22-10-6-11-22/h5,7-9,12-17,22H,6,10-11,18H2,1-4H3. The number of ether oxygens (including phenoxy) is 3. The molecule has 0 spiro atoms. The third-order valence-electron chi connectivity index (χ3n) is 5.98. The molecule has 0 radical (unpaired) electrons. The van der Waals surface area contributed by atoms with E-state index in [1.807, 2.05) is 0 Å². The molecule has 0 aliphatic heterocycles. The van der Waals surface area contributed by atoms with Gasteiger partial charge in [-0.25, -0.2) is 13.6 Å². The number of anilines is 2. The first-order valence-corrected chi connectivity index (χ1v) is 12.0. The first-order valence-electron chi connectivity index (χ1n) is 12.0. The number of esters is 1. The summed E-state index contributed by atoms with van der Waals surface area (Å²) in [4.78, 5) is 14.5. The molecule has 36 heavy (non-hydrogen) atoms. The van der Waals surface area contributed by atoms with Gasteiger partial charge in [-0.1, -0.05) is 12.1 Å². The lowest BCUT2D eigenvalue weighted by molar-refractivity contribution is 0.00695. The fourth-order valence-electron chi connectivity index (χ4n) is 3.90. The summed E-state index contributed by atoms with van der Waals surface area (Å²) in [7, 11) is 1.57. The zero-order chi connectivity index (χ0) is 25.9. The molecule has 1 aliphatic carbocycles. The molecule has 0 unspecified atom stereocenters. The van der Waals surface area contributed by atoms with E-state index < -0.39 is 23.2 Å². The Morgan fingerprint density at radius 2 is 1.61 bits per heavy atom. The summed E-state index contributed by atoms with van der Waals surface area (Å²) < 4.78 is 46.5. The van der Waals surface area contributed by atoms with Crippen LogP contribution in [-0.2, 0) is 11.3 Å². The van der Waals surface area contributed by atoms with Crippen molar-refractivity contribution in [3.05, 3.63) is 83.4 Å². The smallest absolute Gasteiger partial charge is 0.338 e. The van der Waals surface area contributed by atoms with Crippen LogP contribution in [0.1, 0.15) is 56.0 Å². The third-order valence-corrected chi connectivity index (χ3v) is 5.98. The van der Waals surface area contributed by atoms with Crippen molar-refractivity contribution in [1.29, 1.82) is 0 Å². The first-order chi connectivity index (χ1) is 17.1. The number of halogens is 2. The van der Waals surface area contributed by atoms with Crippen molar-refractivity contribution < 1.29 is 27.8 Å². The molecule has 3 aromatic rings. The molecular formula is C29H31F2NO4. The summed E-state index contributed by atoms with van der Waals surface area (Å²) in [5, 5.41) is 0. The quantitative estimate of drug-likeness (QED) is 0.309. The number of hydrogen-bond acceptors (Lipinski definition) is 5. The molecule has 4 rings (SSSR count). The molecule has 5 nitrogen and oxygen atoms in total. The number of rotatable bonds is 8. The first kappa shape index (κ1) is 25.5. The second-order valence-electron chi connectivity index (χ2n) is 9.84. The molecule has 7 heteroatoms. The number of methoxy groups -OCH3 is 1. The summed E-state index contributed by atoms with van der Waals surface area (Å²) in [5.74, 6) is -0.650. The number of carbonyl (C=O) groups is 1. The molecule has 0 aromatic heterocycles. The van der Waals surface area contributed by atoms with Crippen molar-refractivity contribution in [1.82, 2.24) is 0 Å². The third kappa shape index (κ3) is 5.96. The van der Waals surface area contributed by atoms with E-state index in [-0.39, 0.29) is 18.2 Å². The Labute approximate surface area is 210 Å². The Bertz CT molecular complexity index is 1210. The van der Waals surface area contributed by atoms with E-state index in [9.17, 15) is 13.6 Å². The zero-order valence-electron chi connectivity index (χ0n) is 21.0. The average molecular weight is 496 g/mol. The molecule has 0 heterocycles. The number of carbonyl (C=O) groups excluding carboxylic acids is 1. The van der Waals surface area contributed by atoms with Gasteiger partial charge in [0.05, 0.1) is 25.3 Å². The van der Waals surface area contributed by atoms with Crippen molar-refractivity contribution in [2.75, 3.05) is 12.0 Å². The molecule has 0 bridgehead atoms. The predicted molar refractivity (Wildman–Crippen MR) is 135 cm³/mol. The van der Waals surface area contributed by atoms with Crippen molar-refractivity contribution in [3.63, 3.8) is 0 Å². The van der Waals surface area contributed by atoms with Gasteiger partial charge in [0.15, 0.2) is 11.5 Å². The van der Waals surface area contributed by atoms with Crippen LogP contribution < -0.4 is 14.4 Å². The highest BCUT2D eigenvalue weighted by Gasteiger charge is 2.24. The molecule has 0 saturated heterocycles. The Morgan fingerprint density at radius 3 is 2.22 bits per heavy atom. The molecule has 1 saturated carbocycles. The Balaban J connectivity index is 1.77. The Hall–Kier alpha value is -3.61. The highest BCUT2D eigenvalue weighted by molar-refractivity contribution is 5.91. The maximum atomic E-state index is 14.7. The van der Waals surface area contributed by atoms with Gasteiger partial charge in [0, 0.05) is 23.0 Å². The topological polar surface area (TPSA) is 48.0 Å². The molecule has 1 aliphatic rings. The molecule has 190 valence electrons. The highest BCUT2D eigenvalue weighted by atomic mass is 19.1. The lowest BCUT2D eigenvalue weighted by Gasteiger charge is -2.30. The fraction of sp³-hybridized carbons (Fsp3) is 0.345. The van der Waals surface area contributed by atoms with Gasteiger partial charge in [-0.3, -0.25) is 0 Å². The van der Waals surface area contributed by atoms with Crippen molar-refractivity contribution in [2.45, 2.75) is 58.3 Å². The van der Waals surface area contributed by atoms with E-state index in [1.54, 1.807) is 75.2 Å². The molecule has 0 atom stereocenters.